The molecule has 0 saturated carbocycles. The third-order valence-corrected chi connectivity index (χ3v) is 3.03. The quantitative estimate of drug-likeness (QED) is 0.766. The van der Waals surface area contributed by atoms with Crippen molar-refractivity contribution in [3.63, 3.8) is 0 Å². The Bertz CT molecular complexity index is 409. The van der Waals surface area contributed by atoms with Gasteiger partial charge in [0.1, 0.15) is 0 Å². The summed E-state index contributed by atoms with van der Waals surface area (Å²) >= 11 is 0. The van der Waals surface area contributed by atoms with E-state index in [1.54, 1.807) is 16.8 Å². The second-order valence-electron chi connectivity index (χ2n) is 5.36. The molecule has 0 aromatic carbocycles. The summed E-state index contributed by atoms with van der Waals surface area (Å²) in [5.41, 5.74) is 6.74. The van der Waals surface area contributed by atoms with E-state index in [0.29, 0.717) is 13.1 Å². The summed E-state index contributed by atoms with van der Waals surface area (Å²) in [6.45, 7) is 7.64. The van der Waals surface area contributed by atoms with Crippen molar-refractivity contribution in [1.82, 2.24) is 9.78 Å². The van der Waals surface area contributed by atoms with Gasteiger partial charge < -0.3 is 5.73 Å². The van der Waals surface area contributed by atoms with Gasteiger partial charge in [-0.05, 0) is 37.8 Å². The number of nitrogens with zero attached hydrogens (tertiary/aromatic N) is 2. The van der Waals surface area contributed by atoms with Gasteiger partial charge >= 0.3 is 0 Å². The number of aromatic nitrogens is 2. The smallest absolute Gasteiger partial charge is 0.266 e. The standard InChI is InChI=1S/C13H23N3O/c1-11-6-7-12(17)16(15-11)9-5-4-8-13(2,3)10-14/h6-7H,4-5,8-10,14H2,1-3H3. The van der Waals surface area contributed by atoms with Crippen LogP contribution in [-0.4, -0.2) is 16.3 Å². The Morgan fingerprint density at radius 3 is 2.71 bits per heavy atom. The van der Waals surface area contributed by atoms with Gasteiger partial charge in [-0.3, -0.25) is 4.79 Å². The molecular formula is C13H23N3O. The van der Waals surface area contributed by atoms with E-state index in [-0.39, 0.29) is 11.0 Å². The molecule has 96 valence electrons. The van der Waals surface area contributed by atoms with Crippen LogP contribution in [-0.2, 0) is 6.54 Å². The van der Waals surface area contributed by atoms with Crippen molar-refractivity contribution in [3.05, 3.63) is 28.2 Å². The van der Waals surface area contributed by atoms with Crippen LogP contribution in [0.15, 0.2) is 16.9 Å². The van der Waals surface area contributed by atoms with Crippen molar-refractivity contribution in [3.8, 4) is 0 Å². The second-order valence-corrected chi connectivity index (χ2v) is 5.36. The summed E-state index contributed by atoms with van der Waals surface area (Å²) < 4.78 is 1.55. The van der Waals surface area contributed by atoms with E-state index < -0.39 is 0 Å². The van der Waals surface area contributed by atoms with E-state index in [1.165, 1.54) is 0 Å². The summed E-state index contributed by atoms with van der Waals surface area (Å²) in [7, 11) is 0. The Hall–Kier alpha value is -1.16. The van der Waals surface area contributed by atoms with Crippen LogP contribution in [0.1, 0.15) is 38.8 Å². The van der Waals surface area contributed by atoms with Gasteiger partial charge in [0.2, 0.25) is 0 Å². The molecule has 0 amide bonds. The average molecular weight is 237 g/mol. The van der Waals surface area contributed by atoms with Crippen LogP contribution in [0, 0.1) is 12.3 Å². The molecule has 0 radical (unpaired) electrons. The lowest BCUT2D eigenvalue weighted by atomic mass is 9.87. The third kappa shape index (κ3) is 4.69. The average Bonchev–Trinajstić information content (AvgIpc) is 2.29. The molecule has 1 rings (SSSR count). The number of aryl methyl sites for hydroxylation is 2. The van der Waals surface area contributed by atoms with E-state index in [0.717, 1.165) is 25.0 Å². The van der Waals surface area contributed by atoms with Crippen molar-refractivity contribution >= 4 is 0 Å². The highest BCUT2D eigenvalue weighted by atomic mass is 16.1. The maximum atomic E-state index is 11.5. The zero-order valence-electron chi connectivity index (χ0n) is 11.1. The summed E-state index contributed by atoms with van der Waals surface area (Å²) in [6, 6.07) is 3.32. The number of unbranched alkanes of at least 4 members (excludes halogenated alkanes) is 1. The van der Waals surface area contributed by atoms with Gasteiger partial charge in [-0.15, -0.1) is 0 Å². The molecule has 0 saturated heterocycles. The Labute approximate surface area is 103 Å². The molecule has 4 nitrogen and oxygen atoms in total. The molecule has 0 atom stereocenters. The maximum Gasteiger partial charge on any atom is 0.266 e. The van der Waals surface area contributed by atoms with Crippen molar-refractivity contribution in [1.29, 1.82) is 0 Å². The van der Waals surface area contributed by atoms with Crippen LogP contribution in [0.3, 0.4) is 0 Å². The van der Waals surface area contributed by atoms with Crippen molar-refractivity contribution in [2.24, 2.45) is 11.1 Å². The summed E-state index contributed by atoms with van der Waals surface area (Å²) in [5, 5.41) is 4.21. The molecule has 0 aliphatic rings. The molecule has 0 spiro atoms. The van der Waals surface area contributed by atoms with Gasteiger partial charge in [0.25, 0.3) is 5.56 Å². The normalized spacial score (nSPS) is 11.8. The van der Waals surface area contributed by atoms with E-state index in [2.05, 4.69) is 18.9 Å². The van der Waals surface area contributed by atoms with Gasteiger partial charge in [0, 0.05) is 12.6 Å². The fourth-order valence-electron chi connectivity index (χ4n) is 1.68. The molecule has 4 heteroatoms. The molecular weight excluding hydrogens is 214 g/mol. The summed E-state index contributed by atoms with van der Waals surface area (Å²) in [5.74, 6) is 0. The molecule has 0 bridgehead atoms. The van der Waals surface area contributed by atoms with E-state index >= 15 is 0 Å². The van der Waals surface area contributed by atoms with Crippen LogP contribution >= 0.6 is 0 Å². The lowest BCUT2D eigenvalue weighted by Gasteiger charge is -2.21. The Balaban J connectivity index is 2.41. The minimum absolute atomic E-state index is 0.0197. The van der Waals surface area contributed by atoms with Crippen molar-refractivity contribution in [2.45, 2.75) is 46.6 Å². The minimum Gasteiger partial charge on any atom is -0.330 e. The van der Waals surface area contributed by atoms with Gasteiger partial charge in [-0.1, -0.05) is 20.3 Å². The number of hydrogen-bond donors (Lipinski definition) is 1. The van der Waals surface area contributed by atoms with Gasteiger partial charge in [0.15, 0.2) is 0 Å². The van der Waals surface area contributed by atoms with Crippen LogP contribution in [0.4, 0.5) is 0 Å². The first-order valence-corrected chi connectivity index (χ1v) is 6.19. The molecule has 1 heterocycles. The largest absolute Gasteiger partial charge is 0.330 e. The van der Waals surface area contributed by atoms with Gasteiger partial charge in [-0.25, -0.2) is 4.68 Å². The fraction of sp³-hybridized carbons (Fsp3) is 0.692. The molecule has 0 fully saturated rings. The number of rotatable bonds is 6. The lowest BCUT2D eigenvalue weighted by Crippen LogP contribution is -2.24. The second kappa shape index (κ2) is 5.96. The molecule has 1 aromatic heterocycles. The zero-order chi connectivity index (χ0) is 12.9. The predicted molar refractivity (Wildman–Crippen MR) is 69.9 cm³/mol. The number of nitrogens with two attached hydrogens (primary N) is 1. The Kier molecular flexibility index (Phi) is 4.87. The summed E-state index contributed by atoms with van der Waals surface area (Å²) in [4.78, 5) is 11.5. The third-order valence-electron chi connectivity index (χ3n) is 3.03. The van der Waals surface area contributed by atoms with E-state index in [1.807, 2.05) is 6.92 Å². The SMILES string of the molecule is Cc1ccc(=O)n(CCCCC(C)(C)CN)n1. The first-order valence-electron chi connectivity index (χ1n) is 6.19. The lowest BCUT2D eigenvalue weighted by molar-refractivity contribution is 0.326. The highest BCUT2D eigenvalue weighted by Gasteiger charge is 2.14. The van der Waals surface area contributed by atoms with Gasteiger partial charge in [-0.2, -0.15) is 5.10 Å². The summed E-state index contributed by atoms with van der Waals surface area (Å²) in [6.07, 6.45) is 3.14. The van der Waals surface area contributed by atoms with Crippen LogP contribution < -0.4 is 11.3 Å². The first kappa shape index (κ1) is 13.9. The minimum atomic E-state index is -0.0197. The maximum absolute atomic E-state index is 11.5. The van der Waals surface area contributed by atoms with Crippen molar-refractivity contribution in [2.75, 3.05) is 6.54 Å². The highest BCUT2D eigenvalue weighted by Crippen LogP contribution is 2.21. The van der Waals surface area contributed by atoms with Crippen LogP contribution in [0.25, 0.3) is 0 Å². The van der Waals surface area contributed by atoms with Gasteiger partial charge in [0.05, 0.1) is 5.69 Å². The number of hydrogen-bond acceptors (Lipinski definition) is 3. The Morgan fingerprint density at radius 2 is 2.06 bits per heavy atom. The topological polar surface area (TPSA) is 60.9 Å². The molecule has 2 N–H and O–H groups in total. The Morgan fingerprint density at radius 1 is 1.35 bits per heavy atom. The monoisotopic (exact) mass is 237 g/mol. The van der Waals surface area contributed by atoms with Crippen molar-refractivity contribution < 1.29 is 0 Å². The molecule has 1 aromatic rings. The first-order chi connectivity index (χ1) is 7.94. The predicted octanol–water partition coefficient (Wildman–Crippen LogP) is 1.71. The molecule has 0 unspecified atom stereocenters. The van der Waals surface area contributed by atoms with Crippen LogP contribution in [0.5, 0.6) is 0 Å². The fourth-order valence-corrected chi connectivity index (χ4v) is 1.68. The highest BCUT2D eigenvalue weighted by molar-refractivity contribution is 4.96. The molecule has 17 heavy (non-hydrogen) atoms. The molecule has 0 aliphatic heterocycles. The molecule has 0 aliphatic carbocycles. The van der Waals surface area contributed by atoms with E-state index in [9.17, 15) is 4.79 Å². The van der Waals surface area contributed by atoms with Crippen LogP contribution in [0.2, 0.25) is 0 Å². The zero-order valence-corrected chi connectivity index (χ0v) is 11.1. The van der Waals surface area contributed by atoms with E-state index in [4.69, 9.17) is 5.73 Å².